The van der Waals surface area contributed by atoms with Gasteiger partial charge in [0.05, 0.1) is 18.8 Å². The summed E-state index contributed by atoms with van der Waals surface area (Å²) in [6.45, 7) is 8.27. The number of ether oxygens (including phenoxy) is 2. The van der Waals surface area contributed by atoms with Crippen LogP contribution in [-0.2, 0) is 9.47 Å². The van der Waals surface area contributed by atoms with Gasteiger partial charge in [-0.2, -0.15) is 0 Å². The topological polar surface area (TPSA) is 38.7 Å². The highest BCUT2D eigenvalue weighted by molar-refractivity contribution is 4.45. The summed E-state index contributed by atoms with van der Waals surface area (Å²) in [6, 6.07) is 0. The number of hydrogen-bond acceptors (Lipinski definition) is 3. The van der Waals surface area contributed by atoms with E-state index in [2.05, 4.69) is 0 Å². The van der Waals surface area contributed by atoms with Crippen molar-refractivity contribution in [2.75, 3.05) is 6.61 Å². The van der Waals surface area contributed by atoms with Crippen molar-refractivity contribution in [1.82, 2.24) is 0 Å². The van der Waals surface area contributed by atoms with E-state index in [1.807, 2.05) is 27.7 Å². The monoisotopic (exact) mass is 176 g/mol. The average Bonchev–Trinajstić information content (AvgIpc) is 1.84. The Bertz CT molecular complexity index is 102. The van der Waals surface area contributed by atoms with Crippen molar-refractivity contribution in [3.05, 3.63) is 0 Å². The Morgan fingerprint density at radius 1 is 1.08 bits per heavy atom. The molecule has 3 nitrogen and oxygen atoms in total. The van der Waals surface area contributed by atoms with Crippen LogP contribution in [0.15, 0.2) is 0 Å². The quantitative estimate of drug-likeness (QED) is 0.624. The minimum Gasteiger partial charge on any atom is -0.379 e. The van der Waals surface area contributed by atoms with Crippen LogP contribution < -0.4 is 0 Å². The summed E-state index contributed by atoms with van der Waals surface area (Å²) in [5.41, 5.74) is 0. The zero-order valence-corrected chi connectivity index (χ0v) is 8.41. The summed E-state index contributed by atoms with van der Waals surface area (Å²) in [6.07, 6.45) is 0.134. The molecule has 0 radical (unpaired) electrons. The largest absolute Gasteiger partial charge is 0.379 e. The van der Waals surface area contributed by atoms with Crippen molar-refractivity contribution < 1.29 is 14.6 Å². The van der Waals surface area contributed by atoms with Crippen LogP contribution in [0.2, 0.25) is 0 Å². The molecule has 0 spiro atoms. The Balaban J connectivity index is 3.25. The maximum atomic E-state index is 9.23. The molecule has 1 N–H and O–H groups in total. The summed E-state index contributed by atoms with van der Waals surface area (Å²) in [5.74, 6) is 0. The highest BCUT2D eigenvalue weighted by Gasteiger charge is 2.06. The van der Waals surface area contributed by atoms with Crippen molar-refractivity contribution in [3.8, 4) is 0 Å². The van der Waals surface area contributed by atoms with Gasteiger partial charge >= 0.3 is 0 Å². The van der Waals surface area contributed by atoms with Crippen LogP contribution >= 0.6 is 0 Å². The molecule has 3 heteroatoms. The molecular weight excluding hydrogens is 156 g/mol. The second-order valence-electron chi connectivity index (χ2n) is 3.35. The van der Waals surface area contributed by atoms with Crippen LogP contribution in [0.1, 0.15) is 34.1 Å². The third-order valence-corrected chi connectivity index (χ3v) is 1.25. The third kappa shape index (κ3) is 7.98. The Morgan fingerprint density at radius 3 is 2.08 bits per heavy atom. The van der Waals surface area contributed by atoms with E-state index >= 15 is 0 Å². The first-order valence-electron chi connectivity index (χ1n) is 4.47. The Kier molecular flexibility index (Phi) is 6.34. The van der Waals surface area contributed by atoms with Crippen molar-refractivity contribution in [1.29, 1.82) is 0 Å². The smallest absolute Gasteiger partial charge is 0.157 e. The first-order chi connectivity index (χ1) is 5.52. The molecule has 0 heterocycles. The minimum absolute atomic E-state index is 0.0686. The van der Waals surface area contributed by atoms with Gasteiger partial charge in [0.25, 0.3) is 0 Å². The fourth-order valence-corrected chi connectivity index (χ4v) is 0.787. The summed E-state index contributed by atoms with van der Waals surface area (Å²) in [4.78, 5) is 0. The first kappa shape index (κ1) is 11.9. The molecule has 0 amide bonds. The molecule has 0 fully saturated rings. The van der Waals surface area contributed by atoms with Gasteiger partial charge in [0.15, 0.2) is 6.29 Å². The van der Waals surface area contributed by atoms with Gasteiger partial charge in [0.1, 0.15) is 0 Å². The van der Waals surface area contributed by atoms with Crippen LogP contribution in [0.4, 0.5) is 0 Å². The lowest BCUT2D eigenvalue weighted by molar-refractivity contribution is -0.138. The molecule has 0 saturated heterocycles. The number of rotatable bonds is 6. The zero-order chi connectivity index (χ0) is 9.56. The molecule has 12 heavy (non-hydrogen) atoms. The van der Waals surface area contributed by atoms with Crippen LogP contribution in [0.25, 0.3) is 0 Å². The molecule has 1 unspecified atom stereocenters. The van der Waals surface area contributed by atoms with Crippen molar-refractivity contribution >= 4 is 0 Å². The van der Waals surface area contributed by atoms with Crippen LogP contribution in [0, 0.1) is 0 Å². The molecule has 0 saturated carbocycles. The maximum absolute atomic E-state index is 9.23. The number of hydrogen-bond donors (Lipinski definition) is 1. The van der Waals surface area contributed by atoms with Gasteiger partial charge < -0.3 is 14.6 Å². The SMILES string of the molecule is CC(C)OCCC(O)OC(C)C. The van der Waals surface area contributed by atoms with E-state index in [0.29, 0.717) is 13.0 Å². The molecule has 0 bridgehead atoms. The van der Waals surface area contributed by atoms with Gasteiger partial charge in [0, 0.05) is 6.42 Å². The zero-order valence-electron chi connectivity index (χ0n) is 8.41. The molecule has 1 atom stereocenters. The van der Waals surface area contributed by atoms with Gasteiger partial charge in [-0.3, -0.25) is 0 Å². The minimum atomic E-state index is -0.691. The fraction of sp³-hybridized carbons (Fsp3) is 1.00. The molecule has 0 aromatic carbocycles. The van der Waals surface area contributed by atoms with Gasteiger partial charge in [-0.25, -0.2) is 0 Å². The summed E-state index contributed by atoms with van der Waals surface area (Å²) in [7, 11) is 0. The molecule has 0 rings (SSSR count). The first-order valence-corrected chi connectivity index (χ1v) is 4.47. The molecule has 0 aliphatic rings. The summed E-state index contributed by atoms with van der Waals surface area (Å²) >= 11 is 0. The van der Waals surface area contributed by atoms with Gasteiger partial charge in [-0.1, -0.05) is 0 Å². The molecule has 0 aromatic heterocycles. The highest BCUT2D eigenvalue weighted by atomic mass is 16.6. The second-order valence-corrected chi connectivity index (χ2v) is 3.35. The maximum Gasteiger partial charge on any atom is 0.157 e. The fourth-order valence-electron chi connectivity index (χ4n) is 0.787. The van der Waals surface area contributed by atoms with Crippen molar-refractivity contribution in [3.63, 3.8) is 0 Å². The van der Waals surface area contributed by atoms with Gasteiger partial charge in [-0.05, 0) is 27.7 Å². The number of aliphatic hydroxyl groups excluding tert-OH is 1. The third-order valence-electron chi connectivity index (χ3n) is 1.25. The van der Waals surface area contributed by atoms with E-state index < -0.39 is 6.29 Å². The number of aliphatic hydroxyl groups is 1. The molecular formula is C9H20O3. The van der Waals surface area contributed by atoms with Crippen LogP contribution in [0.5, 0.6) is 0 Å². The second kappa shape index (κ2) is 6.40. The highest BCUT2D eigenvalue weighted by Crippen LogP contribution is 2.00. The van der Waals surface area contributed by atoms with E-state index in [0.717, 1.165) is 0 Å². The Hall–Kier alpha value is -0.120. The van der Waals surface area contributed by atoms with Crippen molar-refractivity contribution in [2.24, 2.45) is 0 Å². The van der Waals surface area contributed by atoms with Crippen LogP contribution in [-0.4, -0.2) is 30.2 Å². The lowest BCUT2D eigenvalue weighted by atomic mass is 10.4. The van der Waals surface area contributed by atoms with E-state index in [9.17, 15) is 5.11 Å². The van der Waals surface area contributed by atoms with Gasteiger partial charge in [0.2, 0.25) is 0 Å². The van der Waals surface area contributed by atoms with Gasteiger partial charge in [-0.15, -0.1) is 0 Å². The summed E-state index contributed by atoms with van der Waals surface area (Å²) in [5, 5.41) is 9.23. The molecule has 0 aliphatic carbocycles. The predicted octanol–water partition coefficient (Wildman–Crippen LogP) is 1.54. The van der Waals surface area contributed by atoms with E-state index in [1.54, 1.807) is 0 Å². The Labute approximate surface area is 74.7 Å². The lowest BCUT2D eigenvalue weighted by Gasteiger charge is -2.15. The Morgan fingerprint density at radius 2 is 1.67 bits per heavy atom. The normalized spacial score (nSPS) is 14.2. The molecule has 0 aliphatic heterocycles. The van der Waals surface area contributed by atoms with E-state index in [-0.39, 0.29) is 12.2 Å². The standard InChI is InChI=1S/C9H20O3/c1-7(2)11-6-5-9(10)12-8(3)4/h7-10H,5-6H2,1-4H3. The van der Waals surface area contributed by atoms with Crippen LogP contribution in [0.3, 0.4) is 0 Å². The van der Waals surface area contributed by atoms with E-state index in [4.69, 9.17) is 9.47 Å². The van der Waals surface area contributed by atoms with Crippen molar-refractivity contribution in [2.45, 2.75) is 52.6 Å². The lowest BCUT2D eigenvalue weighted by Crippen LogP contribution is -2.20. The summed E-state index contributed by atoms with van der Waals surface area (Å²) < 4.78 is 10.4. The average molecular weight is 176 g/mol. The van der Waals surface area contributed by atoms with E-state index in [1.165, 1.54) is 0 Å². The predicted molar refractivity (Wildman–Crippen MR) is 47.9 cm³/mol. The molecule has 74 valence electrons. The molecule has 0 aromatic rings.